The van der Waals surface area contributed by atoms with Crippen molar-refractivity contribution < 1.29 is 4.79 Å². The Labute approximate surface area is 125 Å². The van der Waals surface area contributed by atoms with E-state index in [4.69, 9.17) is 11.0 Å². The molecule has 0 fully saturated rings. The summed E-state index contributed by atoms with van der Waals surface area (Å²) in [5.41, 5.74) is 7.58. The van der Waals surface area contributed by atoms with E-state index in [1.165, 1.54) is 0 Å². The Morgan fingerprint density at radius 2 is 2.25 bits per heavy atom. The maximum absolute atomic E-state index is 12.3. The number of nitriles is 1. The molecule has 0 atom stereocenters. The number of nitrogen functional groups attached to an aromatic ring is 1. The van der Waals surface area contributed by atoms with E-state index in [9.17, 15) is 4.79 Å². The molecule has 0 aliphatic carbocycles. The fourth-order valence-corrected chi connectivity index (χ4v) is 2.25. The number of halogens is 1. The summed E-state index contributed by atoms with van der Waals surface area (Å²) < 4.78 is 2.55. The molecule has 1 amide bonds. The van der Waals surface area contributed by atoms with Crippen molar-refractivity contribution in [3.05, 3.63) is 46.2 Å². The van der Waals surface area contributed by atoms with E-state index in [-0.39, 0.29) is 5.91 Å². The molecule has 0 radical (unpaired) electrons. The maximum atomic E-state index is 12.3. The van der Waals surface area contributed by atoms with E-state index in [2.05, 4.69) is 21.2 Å². The van der Waals surface area contributed by atoms with Crippen LogP contribution < -0.4 is 11.1 Å². The second kappa shape index (κ2) is 5.80. The minimum Gasteiger partial charge on any atom is -0.397 e. The van der Waals surface area contributed by atoms with Gasteiger partial charge in [0.05, 0.1) is 16.9 Å². The number of aryl methyl sites for hydroxylation is 1. The van der Waals surface area contributed by atoms with Gasteiger partial charge in [-0.1, -0.05) is 15.9 Å². The topological polar surface area (TPSA) is 83.8 Å². The first-order valence-electron chi connectivity index (χ1n) is 6.01. The number of amides is 1. The number of hydrogen-bond acceptors (Lipinski definition) is 3. The molecule has 102 valence electrons. The van der Waals surface area contributed by atoms with Crippen LogP contribution >= 0.6 is 15.9 Å². The number of nitrogens with one attached hydrogen (secondary N) is 1. The number of nitrogens with two attached hydrogens (primary N) is 1. The summed E-state index contributed by atoms with van der Waals surface area (Å²) in [5, 5.41) is 11.8. The van der Waals surface area contributed by atoms with Crippen molar-refractivity contribution in [3.8, 4) is 6.07 Å². The molecular weight excluding hydrogens is 320 g/mol. The molecule has 0 aliphatic heterocycles. The summed E-state index contributed by atoms with van der Waals surface area (Å²) in [7, 11) is 0. The Hall–Kier alpha value is -2.26. The number of benzene rings is 1. The van der Waals surface area contributed by atoms with Crippen LogP contribution in [0.4, 0.5) is 11.4 Å². The molecule has 1 aromatic heterocycles. The van der Waals surface area contributed by atoms with E-state index in [0.29, 0.717) is 29.2 Å². The van der Waals surface area contributed by atoms with Gasteiger partial charge >= 0.3 is 0 Å². The summed E-state index contributed by atoms with van der Waals surface area (Å²) >= 11 is 3.32. The summed E-state index contributed by atoms with van der Waals surface area (Å²) in [6, 6.07) is 8.75. The first-order chi connectivity index (χ1) is 9.55. The Bertz CT molecular complexity index is 700. The highest BCUT2D eigenvalue weighted by molar-refractivity contribution is 9.10. The molecule has 0 saturated heterocycles. The molecule has 0 spiro atoms. The minimum atomic E-state index is -0.293. The average molecular weight is 333 g/mol. The predicted molar refractivity (Wildman–Crippen MR) is 81.3 cm³/mol. The van der Waals surface area contributed by atoms with Crippen molar-refractivity contribution in [2.45, 2.75) is 13.5 Å². The lowest BCUT2D eigenvalue weighted by Gasteiger charge is -2.09. The van der Waals surface area contributed by atoms with E-state index in [1.807, 2.05) is 13.0 Å². The van der Waals surface area contributed by atoms with Crippen molar-refractivity contribution in [1.82, 2.24) is 4.57 Å². The van der Waals surface area contributed by atoms with Gasteiger partial charge in [-0.3, -0.25) is 4.79 Å². The standard InChI is InChI=1S/C14H13BrN4O/c1-2-19-8-11(17)6-13(19)14(20)18-12-5-10(15)4-3-9(12)7-16/h3-6,8H,2,17H2,1H3,(H,18,20). The molecule has 5 nitrogen and oxygen atoms in total. The van der Waals surface area contributed by atoms with Gasteiger partial charge in [-0.15, -0.1) is 0 Å². The van der Waals surface area contributed by atoms with Crippen LogP contribution in [0.2, 0.25) is 0 Å². The van der Waals surface area contributed by atoms with Crippen LogP contribution in [0.5, 0.6) is 0 Å². The lowest BCUT2D eigenvalue weighted by Crippen LogP contribution is -2.17. The molecule has 2 rings (SSSR count). The van der Waals surface area contributed by atoms with Crippen LogP contribution in [0.25, 0.3) is 0 Å². The number of carbonyl (C=O) groups is 1. The number of carbonyl (C=O) groups excluding carboxylic acids is 1. The first-order valence-corrected chi connectivity index (χ1v) is 6.81. The summed E-state index contributed by atoms with van der Waals surface area (Å²) in [5.74, 6) is -0.293. The van der Waals surface area contributed by atoms with Crippen molar-refractivity contribution in [1.29, 1.82) is 5.26 Å². The molecule has 0 aliphatic rings. The molecule has 1 heterocycles. The van der Waals surface area contributed by atoms with Crippen LogP contribution in [0, 0.1) is 11.3 Å². The fourth-order valence-electron chi connectivity index (χ4n) is 1.89. The molecule has 0 unspecified atom stereocenters. The zero-order chi connectivity index (χ0) is 14.7. The lowest BCUT2D eigenvalue weighted by atomic mass is 10.2. The fraction of sp³-hybridized carbons (Fsp3) is 0.143. The van der Waals surface area contributed by atoms with Gasteiger partial charge in [-0.05, 0) is 31.2 Å². The molecule has 6 heteroatoms. The summed E-state index contributed by atoms with van der Waals surface area (Å²) in [4.78, 5) is 12.3. The minimum absolute atomic E-state index is 0.293. The molecule has 1 aromatic carbocycles. The van der Waals surface area contributed by atoms with E-state index >= 15 is 0 Å². The van der Waals surface area contributed by atoms with Gasteiger partial charge < -0.3 is 15.6 Å². The van der Waals surface area contributed by atoms with Gasteiger partial charge in [0.2, 0.25) is 0 Å². The quantitative estimate of drug-likeness (QED) is 0.906. The van der Waals surface area contributed by atoms with Crippen LogP contribution in [0.15, 0.2) is 34.9 Å². The molecule has 2 aromatic rings. The monoisotopic (exact) mass is 332 g/mol. The normalized spacial score (nSPS) is 10.1. The number of nitrogens with zero attached hydrogens (tertiary/aromatic N) is 2. The Morgan fingerprint density at radius 3 is 2.90 bits per heavy atom. The first kappa shape index (κ1) is 14.2. The van der Waals surface area contributed by atoms with Crippen molar-refractivity contribution in [3.63, 3.8) is 0 Å². The highest BCUT2D eigenvalue weighted by atomic mass is 79.9. The van der Waals surface area contributed by atoms with E-state index < -0.39 is 0 Å². The molecule has 0 bridgehead atoms. The highest BCUT2D eigenvalue weighted by Gasteiger charge is 2.14. The zero-order valence-electron chi connectivity index (χ0n) is 10.9. The third kappa shape index (κ3) is 2.83. The van der Waals surface area contributed by atoms with Crippen LogP contribution in [0.1, 0.15) is 23.0 Å². The number of hydrogen-bond donors (Lipinski definition) is 2. The van der Waals surface area contributed by atoms with Crippen molar-refractivity contribution in [2.75, 3.05) is 11.1 Å². The third-order valence-electron chi connectivity index (χ3n) is 2.84. The van der Waals surface area contributed by atoms with Gasteiger partial charge in [-0.2, -0.15) is 5.26 Å². The van der Waals surface area contributed by atoms with Crippen molar-refractivity contribution in [2.24, 2.45) is 0 Å². The highest BCUT2D eigenvalue weighted by Crippen LogP contribution is 2.22. The van der Waals surface area contributed by atoms with Crippen LogP contribution in [-0.2, 0) is 6.54 Å². The average Bonchev–Trinajstić information content (AvgIpc) is 2.80. The maximum Gasteiger partial charge on any atom is 0.272 e. The van der Waals surface area contributed by atoms with Gasteiger partial charge in [0.15, 0.2) is 0 Å². The number of aromatic nitrogens is 1. The van der Waals surface area contributed by atoms with Gasteiger partial charge in [0, 0.05) is 17.2 Å². The molecule has 20 heavy (non-hydrogen) atoms. The van der Waals surface area contributed by atoms with E-state index in [0.717, 1.165) is 4.47 Å². The SMILES string of the molecule is CCn1cc(N)cc1C(=O)Nc1cc(Br)ccc1C#N. The second-order valence-electron chi connectivity index (χ2n) is 4.20. The lowest BCUT2D eigenvalue weighted by molar-refractivity contribution is 0.101. The Kier molecular flexibility index (Phi) is 4.11. The Balaban J connectivity index is 2.32. The van der Waals surface area contributed by atoms with Crippen LogP contribution in [-0.4, -0.2) is 10.5 Å². The third-order valence-corrected chi connectivity index (χ3v) is 3.33. The zero-order valence-corrected chi connectivity index (χ0v) is 12.4. The van der Waals surface area contributed by atoms with Crippen LogP contribution in [0.3, 0.4) is 0 Å². The summed E-state index contributed by atoms with van der Waals surface area (Å²) in [6.45, 7) is 2.57. The molecule has 3 N–H and O–H groups in total. The number of rotatable bonds is 3. The summed E-state index contributed by atoms with van der Waals surface area (Å²) in [6.07, 6.45) is 1.71. The number of anilines is 2. The van der Waals surface area contributed by atoms with E-state index in [1.54, 1.807) is 35.0 Å². The van der Waals surface area contributed by atoms with Gasteiger partial charge in [-0.25, -0.2) is 0 Å². The predicted octanol–water partition coefficient (Wildman–Crippen LogP) is 2.98. The van der Waals surface area contributed by atoms with Gasteiger partial charge in [0.25, 0.3) is 5.91 Å². The van der Waals surface area contributed by atoms with Crippen molar-refractivity contribution >= 4 is 33.2 Å². The Morgan fingerprint density at radius 1 is 1.50 bits per heavy atom. The smallest absolute Gasteiger partial charge is 0.272 e. The molecule has 0 saturated carbocycles. The van der Waals surface area contributed by atoms with Gasteiger partial charge in [0.1, 0.15) is 11.8 Å². The molecular formula is C14H13BrN4O. The second-order valence-corrected chi connectivity index (χ2v) is 5.12. The largest absolute Gasteiger partial charge is 0.397 e.